The second-order valence-corrected chi connectivity index (χ2v) is 6.50. The van der Waals surface area contributed by atoms with Gasteiger partial charge in [-0.05, 0) is 35.9 Å². The van der Waals surface area contributed by atoms with E-state index in [4.69, 9.17) is 11.6 Å². The maximum absolute atomic E-state index is 12.2. The Morgan fingerprint density at radius 2 is 1.52 bits per heavy atom. The van der Waals surface area contributed by atoms with Crippen LogP contribution in [0.1, 0.15) is 25.8 Å². The number of hydrogen-bond donors (Lipinski definition) is 2. The van der Waals surface area contributed by atoms with Crippen molar-refractivity contribution in [3.05, 3.63) is 59.1 Å². The lowest BCUT2D eigenvalue weighted by Crippen LogP contribution is -2.31. The van der Waals surface area contributed by atoms with Crippen LogP contribution in [0.3, 0.4) is 0 Å². The largest absolute Gasteiger partial charge is 0.338 e. The fourth-order valence-corrected chi connectivity index (χ4v) is 2.68. The standard InChI is InChI=1S/C20H22ClN3O3/c1-14(25)22-17-7-9-18(10-8-17)23-20(27)11-12-24(15(2)26)13-16-5-3-4-6-19(16)21/h3-10H,11-13H2,1-2H3,(H,22,25)(H,23,27). The van der Waals surface area contributed by atoms with Crippen molar-refractivity contribution >= 4 is 40.7 Å². The van der Waals surface area contributed by atoms with Crippen molar-refractivity contribution in [2.24, 2.45) is 0 Å². The molecule has 0 spiro atoms. The SMILES string of the molecule is CC(=O)Nc1ccc(NC(=O)CCN(Cc2ccccc2Cl)C(C)=O)cc1. The van der Waals surface area contributed by atoms with Gasteiger partial charge in [0.15, 0.2) is 0 Å². The first-order chi connectivity index (χ1) is 12.8. The summed E-state index contributed by atoms with van der Waals surface area (Å²) in [6.07, 6.45) is 0.164. The minimum atomic E-state index is -0.201. The zero-order valence-electron chi connectivity index (χ0n) is 15.3. The van der Waals surface area contributed by atoms with Crippen molar-refractivity contribution in [2.45, 2.75) is 26.8 Å². The molecule has 0 unspecified atom stereocenters. The molecule has 3 amide bonds. The molecule has 0 aliphatic carbocycles. The molecule has 0 heterocycles. The van der Waals surface area contributed by atoms with Crippen LogP contribution in [0.15, 0.2) is 48.5 Å². The molecule has 0 aliphatic rings. The smallest absolute Gasteiger partial charge is 0.226 e. The first-order valence-electron chi connectivity index (χ1n) is 8.51. The average Bonchev–Trinajstić information content (AvgIpc) is 2.61. The van der Waals surface area contributed by atoms with Gasteiger partial charge in [-0.15, -0.1) is 0 Å². The zero-order valence-corrected chi connectivity index (χ0v) is 16.0. The predicted molar refractivity (Wildman–Crippen MR) is 107 cm³/mol. The Labute approximate surface area is 163 Å². The molecular weight excluding hydrogens is 366 g/mol. The first kappa shape index (κ1) is 20.5. The number of anilines is 2. The lowest BCUT2D eigenvalue weighted by molar-refractivity contribution is -0.130. The molecule has 2 rings (SSSR count). The molecule has 0 aliphatic heterocycles. The van der Waals surface area contributed by atoms with Crippen LogP contribution < -0.4 is 10.6 Å². The molecule has 27 heavy (non-hydrogen) atoms. The highest BCUT2D eigenvalue weighted by molar-refractivity contribution is 6.31. The number of carbonyl (C=O) groups excluding carboxylic acids is 3. The third-order valence-corrected chi connectivity index (χ3v) is 4.23. The predicted octanol–water partition coefficient (Wildman–Crippen LogP) is 3.68. The van der Waals surface area contributed by atoms with E-state index < -0.39 is 0 Å². The lowest BCUT2D eigenvalue weighted by Gasteiger charge is -2.21. The van der Waals surface area contributed by atoms with E-state index in [1.165, 1.54) is 13.8 Å². The van der Waals surface area contributed by atoms with Crippen LogP contribution in [0.5, 0.6) is 0 Å². The highest BCUT2D eigenvalue weighted by Gasteiger charge is 2.13. The Bertz CT molecular complexity index is 821. The van der Waals surface area contributed by atoms with Crippen molar-refractivity contribution in [3.8, 4) is 0 Å². The fraction of sp³-hybridized carbons (Fsp3) is 0.250. The first-order valence-corrected chi connectivity index (χ1v) is 8.89. The zero-order chi connectivity index (χ0) is 19.8. The van der Waals surface area contributed by atoms with E-state index in [1.54, 1.807) is 35.2 Å². The summed E-state index contributed by atoms with van der Waals surface area (Å²) in [6.45, 7) is 3.54. The van der Waals surface area contributed by atoms with E-state index in [9.17, 15) is 14.4 Å². The number of benzene rings is 2. The third-order valence-electron chi connectivity index (χ3n) is 3.86. The van der Waals surface area contributed by atoms with Gasteiger partial charge in [0.25, 0.3) is 0 Å². The highest BCUT2D eigenvalue weighted by Crippen LogP contribution is 2.18. The molecule has 0 fully saturated rings. The average molecular weight is 388 g/mol. The second-order valence-electron chi connectivity index (χ2n) is 6.09. The molecule has 2 N–H and O–H groups in total. The summed E-state index contributed by atoms with van der Waals surface area (Å²) in [5, 5.41) is 6.03. The van der Waals surface area contributed by atoms with Gasteiger partial charge in [-0.2, -0.15) is 0 Å². The highest BCUT2D eigenvalue weighted by atomic mass is 35.5. The number of amides is 3. The Hall–Kier alpha value is -2.86. The minimum absolute atomic E-state index is 0.123. The van der Waals surface area contributed by atoms with Gasteiger partial charge in [-0.25, -0.2) is 0 Å². The van der Waals surface area contributed by atoms with Gasteiger partial charge >= 0.3 is 0 Å². The number of nitrogens with zero attached hydrogens (tertiary/aromatic N) is 1. The number of rotatable bonds is 7. The van der Waals surface area contributed by atoms with Crippen LogP contribution in [0.25, 0.3) is 0 Å². The van der Waals surface area contributed by atoms with Crippen molar-refractivity contribution in [1.82, 2.24) is 4.90 Å². The van der Waals surface area contributed by atoms with Gasteiger partial charge in [-0.1, -0.05) is 29.8 Å². The Morgan fingerprint density at radius 3 is 2.07 bits per heavy atom. The van der Waals surface area contributed by atoms with E-state index in [2.05, 4.69) is 10.6 Å². The molecule has 0 saturated carbocycles. The maximum atomic E-state index is 12.2. The van der Waals surface area contributed by atoms with Gasteiger partial charge in [0.1, 0.15) is 0 Å². The van der Waals surface area contributed by atoms with E-state index in [0.29, 0.717) is 22.9 Å². The quantitative estimate of drug-likeness (QED) is 0.760. The molecule has 142 valence electrons. The summed E-state index contributed by atoms with van der Waals surface area (Å²) < 4.78 is 0. The molecule has 2 aromatic rings. The van der Waals surface area contributed by atoms with Gasteiger partial charge in [0, 0.05) is 49.8 Å². The number of hydrogen-bond acceptors (Lipinski definition) is 3. The monoisotopic (exact) mass is 387 g/mol. The minimum Gasteiger partial charge on any atom is -0.338 e. The van der Waals surface area contributed by atoms with Crippen LogP contribution in [0, 0.1) is 0 Å². The number of nitrogens with one attached hydrogen (secondary N) is 2. The summed E-state index contributed by atoms with van der Waals surface area (Å²) in [5.41, 5.74) is 2.11. The summed E-state index contributed by atoms with van der Waals surface area (Å²) in [6, 6.07) is 14.1. The molecule has 0 radical (unpaired) electrons. The topological polar surface area (TPSA) is 78.5 Å². The summed E-state index contributed by atoms with van der Waals surface area (Å²) in [5.74, 6) is -0.482. The molecule has 0 atom stereocenters. The van der Waals surface area contributed by atoms with Crippen LogP contribution in [0.2, 0.25) is 5.02 Å². The van der Waals surface area contributed by atoms with Gasteiger partial charge in [0.2, 0.25) is 17.7 Å². The lowest BCUT2D eigenvalue weighted by atomic mass is 10.2. The Morgan fingerprint density at radius 1 is 0.926 bits per heavy atom. The second kappa shape index (κ2) is 9.73. The van der Waals surface area contributed by atoms with E-state index in [0.717, 1.165) is 5.56 Å². The fourth-order valence-electron chi connectivity index (χ4n) is 2.48. The van der Waals surface area contributed by atoms with Crippen molar-refractivity contribution in [1.29, 1.82) is 0 Å². The summed E-state index contributed by atoms with van der Waals surface area (Å²) in [7, 11) is 0. The van der Waals surface area contributed by atoms with E-state index in [-0.39, 0.29) is 30.7 Å². The maximum Gasteiger partial charge on any atom is 0.226 e. The Kier molecular flexibility index (Phi) is 7.37. The molecule has 0 bridgehead atoms. The van der Waals surface area contributed by atoms with Crippen LogP contribution in [-0.4, -0.2) is 29.2 Å². The summed E-state index contributed by atoms with van der Waals surface area (Å²) >= 11 is 6.14. The molecule has 0 aromatic heterocycles. The van der Waals surface area contributed by atoms with Crippen LogP contribution >= 0.6 is 11.6 Å². The normalized spacial score (nSPS) is 10.2. The van der Waals surface area contributed by atoms with Crippen LogP contribution in [0.4, 0.5) is 11.4 Å². The number of halogens is 1. The van der Waals surface area contributed by atoms with Crippen molar-refractivity contribution < 1.29 is 14.4 Å². The van der Waals surface area contributed by atoms with Crippen LogP contribution in [-0.2, 0) is 20.9 Å². The molecule has 2 aromatic carbocycles. The van der Waals surface area contributed by atoms with E-state index >= 15 is 0 Å². The van der Waals surface area contributed by atoms with Gasteiger partial charge < -0.3 is 15.5 Å². The molecule has 7 heteroatoms. The summed E-state index contributed by atoms with van der Waals surface area (Å²) in [4.78, 5) is 36.6. The van der Waals surface area contributed by atoms with Gasteiger partial charge in [-0.3, -0.25) is 14.4 Å². The van der Waals surface area contributed by atoms with E-state index in [1.807, 2.05) is 18.2 Å². The molecule has 0 saturated heterocycles. The molecular formula is C20H22ClN3O3. The Balaban J connectivity index is 1.89. The van der Waals surface area contributed by atoms with Crippen molar-refractivity contribution in [2.75, 3.05) is 17.2 Å². The van der Waals surface area contributed by atoms with Crippen molar-refractivity contribution in [3.63, 3.8) is 0 Å². The molecule has 6 nitrogen and oxygen atoms in total. The number of carbonyl (C=O) groups is 3. The third kappa shape index (κ3) is 6.75. The van der Waals surface area contributed by atoms with Gasteiger partial charge in [0.05, 0.1) is 0 Å².